The summed E-state index contributed by atoms with van der Waals surface area (Å²) in [7, 11) is 1.35. The van der Waals surface area contributed by atoms with E-state index >= 15 is 0 Å². The number of aromatic nitrogens is 2. The molecule has 0 atom stereocenters. The summed E-state index contributed by atoms with van der Waals surface area (Å²) < 4.78 is 45.0. The first-order chi connectivity index (χ1) is 14.2. The molecule has 0 bridgehead atoms. The number of hydrogen-bond donors (Lipinski definition) is 1. The largest absolute Gasteiger partial charge is 0.496 e. The van der Waals surface area contributed by atoms with Gasteiger partial charge in [-0.05, 0) is 37.8 Å². The van der Waals surface area contributed by atoms with Crippen LogP contribution in [0.5, 0.6) is 5.75 Å². The fraction of sp³-hybridized carbons (Fsp3) is 0.389. The van der Waals surface area contributed by atoms with Gasteiger partial charge in [0.2, 0.25) is 5.91 Å². The number of hydrogen-bond acceptors (Lipinski definition) is 7. The summed E-state index contributed by atoms with van der Waals surface area (Å²) in [6, 6.07) is 3.92. The number of nitro groups is 1. The van der Waals surface area contributed by atoms with Crippen LogP contribution in [0.25, 0.3) is 0 Å². The molecule has 1 aliphatic carbocycles. The Balaban J connectivity index is 1.75. The van der Waals surface area contributed by atoms with Gasteiger partial charge in [0, 0.05) is 11.3 Å². The highest BCUT2D eigenvalue weighted by molar-refractivity contribution is 7.99. The highest BCUT2D eigenvalue weighted by Gasteiger charge is 2.38. The van der Waals surface area contributed by atoms with Crippen molar-refractivity contribution >= 4 is 29.0 Å². The molecule has 30 heavy (non-hydrogen) atoms. The number of amides is 1. The molecule has 0 radical (unpaired) electrons. The minimum absolute atomic E-state index is 0.0475. The molecule has 0 spiro atoms. The van der Waals surface area contributed by atoms with Gasteiger partial charge in [-0.1, -0.05) is 11.8 Å². The van der Waals surface area contributed by atoms with Crippen LogP contribution in [-0.2, 0) is 23.8 Å². The quantitative estimate of drug-likeness (QED) is 0.312. The summed E-state index contributed by atoms with van der Waals surface area (Å²) in [6.45, 7) is 0. The van der Waals surface area contributed by atoms with Crippen molar-refractivity contribution in [2.24, 2.45) is 0 Å². The molecule has 12 heteroatoms. The number of ether oxygens (including phenoxy) is 1. The molecule has 1 aromatic carbocycles. The number of alkyl halides is 3. The Morgan fingerprint density at radius 1 is 1.30 bits per heavy atom. The zero-order valence-electron chi connectivity index (χ0n) is 15.8. The molecule has 2 aromatic rings. The van der Waals surface area contributed by atoms with Gasteiger partial charge in [-0.15, -0.1) is 0 Å². The number of nitrogens with one attached hydrogen (secondary N) is 1. The Hall–Kier alpha value is -2.89. The Morgan fingerprint density at radius 3 is 2.70 bits per heavy atom. The highest BCUT2D eigenvalue weighted by Crippen LogP contribution is 2.36. The van der Waals surface area contributed by atoms with Gasteiger partial charge in [-0.25, -0.2) is 9.97 Å². The summed E-state index contributed by atoms with van der Waals surface area (Å²) in [6.07, 6.45) is -2.51. The Labute approximate surface area is 173 Å². The minimum atomic E-state index is -4.61. The zero-order valence-corrected chi connectivity index (χ0v) is 16.6. The van der Waals surface area contributed by atoms with Gasteiger partial charge < -0.3 is 10.1 Å². The van der Waals surface area contributed by atoms with Crippen LogP contribution >= 0.6 is 11.8 Å². The average Bonchev–Trinajstić information content (AvgIpc) is 2.71. The summed E-state index contributed by atoms with van der Waals surface area (Å²) in [4.78, 5) is 30.5. The third-order valence-electron chi connectivity index (χ3n) is 4.44. The molecule has 0 aliphatic heterocycles. The summed E-state index contributed by atoms with van der Waals surface area (Å²) in [5.74, 6) is -0.696. The van der Waals surface area contributed by atoms with E-state index in [-0.39, 0.29) is 40.0 Å². The number of aryl methyl sites for hydroxylation is 1. The summed E-state index contributed by atoms with van der Waals surface area (Å²) in [5, 5.41) is 13.4. The maximum Gasteiger partial charge on any atom is 0.433 e. The lowest BCUT2D eigenvalue weighted by molar-refractivity contribution is -0.384. The normalized spacial score (nSPS) is 13.5. The molecule has 8 nitrogen and oxygen atoms in total. The maximum absolute atomic E-state index is 13.4. The first-order valence-corrected chi connectivity index (χ1v) is 9.89. The minimum Gasteiger partial charge on any atom is -0.496 e. The second-order valence-corrected chi connectivity index (χ2v) is 7.40. The maximum atomic E-state index is 13.4. The van der Waals surface area contributed by atoms with Crippen molar-refractivity contribution in [2.45, 2.75) is 37.0 Å². The number of carbonyl (C=O) groups excluding carboxylic acids is 1. The second-order valence-electron chi connectivity index (χ2n) is 6.46. The number of carbonyl (C=O) groups is 1. The van der Waals surface area contributed by atoms with Crippen molar-refractivity contribution in [2.75, 3.05) is 18.2 Å². The smallest absolute Gasteiger partial charge is 0.433 e. The van der Waals surface area contributed by atoms with Crippen LogP contribution in [-0.4, -0.2) is 33.7 Å². The third-order valence-corrected chi connectivity index (χ3v) is 5.29. The van der Waals surface area contributed by atoms with E-state index in [4.69, 9.17) is 4.74 Å². The lowest BCUT2D eigenvalue weighted by atomic mass is 9.94. The first kappa shape index (κ1) is 21.8. The molecule has 1 amide bonds. The number of halogens is 3. The van der Waals surface area contributed by atoms with Gasteiger partial charge in [-0.2, -0.15) is 13.2 Å². The topological polar surface area (TPSA) is 107 Å². The van der Waals surface area contributed by atoms with E-state index < -0.39 is 22.7 Å². The highest BCUT2D eigenvalue weighted by atomic mass is 32.2. The monoisotopic (exact) mass is 442 g/mol. The van der Waals surface area contributed by atoms with Crippen molar-refractivity contribution in [3.63, 3.8) is 0 Å². The molecule has 3 rings (SSSR count). The lowest BCUT2D eigenvalue weighted by Crippen LogP contribution is -2.20. The second kappa shape index (κ2) is 8.86. The number of thioether (sulfide) groups is 1. The van der Waals surface area contributed by atoms with Gasteiger partial charge in [-0.3, -0.25) is 14.9 Å². The number of fused-ring (bicyclic) bond motifs is 1. The van der Waals surface area contributed by atoms with E-state index in [2.05, 4.69) is 15.3 Å². The molecule has 0 fully saturated rings. The van der Waals surface area contributed by atoms with Crippen molar-refractivity contribution in [1.29, 1.82) is 0 Å². The van der Waals surface area contributed by atoms with E-state index in [0.717, 1.165) is 24.2 Å². The predicted molar refractivity (Wildman–Crippen MR) is 103 cm³/mol. The van der Waals surface area contributed by atoms with Crippen molar-refractivity contribution in [1.82, 2.24) is 9.97 Å². The number of nitro benzene ring substituents is 1. The Kier molecular flexibility index (Phi) is 6.44. The fourth-order valence-corrected chi connectivity index (χ4v) is 3.74. The molecule has 0 saturated carbocycles. The fourth-order valence-electron chi connectivity index (χ4n) is 3.08. The molecule has 0 unspecified atom stereocenters. The predicted octanol–water partition coefficient (Wildman–Crippen LogP) is 4.02. The van der Waals surface area contributed by atoms with Crippen LogP contribution in [0.1, 0.15) is 29.8 Å². The molecule has 160 valence electrons. The van der Waals surface area contributed by atoms with E-state index in [1.165, 1.54) is 19.2 Å². The van der Waals surface area contributed by atoms with Crippen LogP contribution in [0.4, 0.5) is 24.5 Å². The molecule has 0 saturated heterocycles. The molecule has 1 aliphatic rings. The summed E-state index contributed by atoms with van der Waals surface area (Å²) >= 11 is 0.744. The van der Waals surface area contributed by atoms with E-state index in [9.17, 15) is 28.1 Å². The molecule has 1 heterocycles. The lowest BCUT2D eigenvalue weighted by Gasteiger charge is -2.20. The average molecular weight is 442 g/mol. The number of anilines is 1. The van der Waals surface area contributed by atoms with Crippen LogP contribution in [0, 0.1) is 10.1 Å². The van der Waals surface area contributed by atoms with Gasteiger partial charge in [0.05, 0.1) is 23.9 Å². The van der Waals surface area contributed by atoms with Gasteiger partial charge in [0.1, 0.15) is 11.4 Å². The van der Waals surface area contributed by atoms with Gasteiger partial charge in [0.25, 0.3) is 5.69 Å². The van der Waals surface area contributed by atoms with Crippen molar-refractivity contribution in [3.05, 3.63) is 45.3 Å². The number of rotatable bonds is 6. The van der Waals surface area contributed by atoms with Crippen molar-refractivity contribution in [3.8, 4) is 5.75 Å². The van der Waals surface area contributed by atoms with Crippen molar-refractivity contribution < 1.29 is 27.6 Å². The zero-order chi connectivity index (χ0) is 21.9. The molecule has 1 N–H and O–H groups in total. The van der Waals surface area contributed by atoms with Crippen LogP contribution in [0.2, 0.25) is 0 Å². The Bertz CT molecular complexity index is 985. The van der Waals surface area contributed by atoms with Gasteiger partial charge in [0.15, 0.2) is 10.9 Å². The Morgan fingerprint density at radius 2 is 2.03 bits per heavy atom. The van der Waals surface area contributed by atoms with Gasteiger partial charge >= 0.3 is 6.18 Å². The van der Waals surface area contributed by atoms with Crippen LogP contribution in [0.15, 0.2) is 23.4 Å². The van der Waals surface area contributed by atoms with Crippen LogP contribution < -0.4 is 10.1 Å². The third kappa shape index (κ3) is 4.99. The SMILES string of the molecule is COc1ccc(NC(=O)CSc2nc3c(c(C(F)(F)F)n2)CCCC3)c([N+](=O)[O-])c1. The standard InChI is InChI=1S/C18H17F3N4O4S/c1-29-10-6-7-13(14(8-10)25(27)28)22-15(26)9-30-17-23-12-5-3-2-4-11(12)16(24-17)18(19,20)21/h6-8H,2-5,9H2,1H3,(H,22,26). The molecule has 1 aromatic heterocycles. The first-order valence-electron chi connectivity index (χ1n) is 8.91. The van der Waals surface area contributed by atoms with E-state index in [0.29, 0.717) is 18.5 Å². The number of methoxy groups -OCH3 is 1. The van der Waals surface area contributed by atoms with Crippen LogP contribution in [0.3, 0.4) is 0 Å². The number of nitrogens with zero attached hydrogens (tertiary/aromatic N) is 3. The molecular weight excluding hydrogens is 425 g/mol. The van der Waals surface area contributed by atoms with E-state index in [1.807, 2.05) is 0 Å². The molecular formula is C18H17F3N4O4S. The van der Waals surface area contributed by atoms with E-state index in [1.54, 1.807) is 0 Å². The summed E-state index contributed by atoms with van der Waals surface area (Å²) in [5.41, 5.74) is -0.889. The number of benzene rings is 1.